The Morgan fingerprint density at radius 1 is 1.44 bits per heavy atom. The second kappa shape index (κ2) is 10.4. The van der Waals surface area contributed by atoms with Gasteiger partial charge >= 0.3 is 0 Å². The Morgan fingerprint density at radius 3 is 2.62 bits per heavy atom. The van der Waals surface area contributed by atoms with Gasteiger partial charge in [0.2, 0.25) is 0 Å². The highest BCUT2D eigenvalue weighted by atomic mass is 33.1. The van der Waals surface area contributed by atoms with Crippen molar-refractivity contribution in [3.63, 3.8) is 0 Å². The summed E-state index contributed by atoms with van der Waals surface area (Å²) in [5.74, 6) is 0.622. The Bertz CT molecular complexity index is 217. The zero-order valence-corrected chi connectivity index (χ0v) is 12.1. The molecule has 2 nitrogen and oxygen atoms in total. The smallest absolute Gasteiger partial charge is 0.0170 e. The van der Waals surface area contributed by atoms with E-state index in [0.717, 1.165) is 30.1 Å². The van der Waals surface area contributed by atoms with Crippen molar-refractivity contribution in [1.82, 2.24) is 0 Å². The Hall–Kier alpha value is 0.200. The molecule has 0 aliphatic rings. The van der Waals surface area contributed by atoms with Crippen molar-refractivity contribution < 1.29 is 8.76 Å². The molecular formula is C12H23O2S2-. The molecule has 0 spiro atoms. The molecule has 0 saturated heterocycles. The van der Waals surface area contributed by atoms with Crippen molar-refractivity contribution in [2.24, 2.45) is 5.92 Å². The highest BCUT2D eigenvalue weighted by Gasteiger charge is 2.13. The van der Waals surface area contributed by atoms with E-state index < -0.39 is 10.1 Å². The van der Waals surface area contributed by atoms with Gasteiger partial charge in [-0.1, -0.05) is 49.6 Å². The van der Waals surface area contributed by atoms with Gasteiger partial charge in [-0.15, -0.1) is 0 Å². The maximum Gasteiger partial charge on any atom is 0.0170 e. The largest absolute Gasteiger partial charge is 0.764 e. The first-order valence-corrected chi connectivity index (χ1v) is 8.44. The Morgan fingerprint density at radius 2 is 2.12 bits per heavy atom. The van der Waals surface area contributed by atoms with Crippen LogP contribution >= 0.6 is 10.8 Å². The van der Waals surface area contributed by atoms with Crippen molar-refractivity contribution >= 4 is 20.9 Å². The first-order chi connectivity index (χ1) is 7.60. The Balaban J connectivity index is 4.03. The summed E-state index contributed by atoms with van der Waals surface area (Å²) in [6.07, 6.45) is 9.42. The van der Waals surface area contributed by atoms with E-state index in [9.17, 15) is 8.76 Å². The number of hydrogen-bond donors (Lipinski definition) is 0. The molecule has 0 bridgehead atoms. The van der Waals surface area contributed by atoms with Crippen molar-refractivity contribution in [3.8, 4) is 0 Å². The molecule has 16 heavy (non-hydrogen) atoms. The fourth-order valence-corrected chi connectivity index (χ4v) is 3.88. The normalized spacial score (nSPS) is 17.5. The summed E-state index contributed by atoms with van der Waals surface area (Å²) >= 11 is 0. The molecular weight excluding hydrogens is 240 g/mol. The molecule has 0 fully saturated rings. The summed E-state index contributed by atoms with van der Waals surface area (Å²) < 4.78 is 21.5. The van der Waals surface area contributed by atoms with Crippen molar-refractivity contribution in [1.29, 1.82) is 0 Å². The van der Waals surface area contributed by atoms with Crippen LogP contribution in [0.4, 0.5) is 0 Å². The van der Waals surface area contributed by atoms with Gasteiger partial charge < -0.3 is 4.55 Å². The molecule has 0 heterocycles. The molecule has 3 atom stereocenters. The van der Waals surface area contributed by atoms with Crippen LogP contribution in [-0.4, -0.2) is 14.0 Å². The van der Waals surface area contributed by atoms with Gasteiger partial charge in [0.25, 0.3) is 0 Å². The lowest BCUT2D eigenvalue weighted by Gasteiger charge is -2.20. The van der Waals surface area contributed by atoms with E-state index >= 15 is 0 Å². The molecule has 96 valence electrons. The summed E-state index contributed by atoms with van der Waals surface area (Å²) in [5, 5.41) is 0.246. The van der Waals surface area contributed by atoms with Gasteiger partial charge in [0.1, 0.15) is 0 Å². The molecule has 0 aromatic rings. The van der Waals surface area contributed by atoms with Crippen LogP contribution in [0, 0.1) is 5.92 Å². The predicted octanol–water partition coefficient (Wildman–Crippen LogP) is 4.06. The topological polar surface area (TPSA) is 40.1 Å². The Labute approximate surface area is 106 Å². The zero-order chi connectivity index (χ0) is 12.4. The highest BCUT2D eigenvalue weighted by molar-refractivity contribution is 8.67. The molecule has 4 heteroatoms. The molecule has 1 unspecified atom stereocenters. The SMILES string of the molecule is C/C=C\CC[C@H](C[C@@H](C)CCC)SS(=O)[O-]. The van der Waals surface area contributed by atoms with Gasteiger partial charge in [-0.25, -0.2) is 0 Å². The molecule has 0 N–H and O–H groups in total. The summed E-state index contributed by atoms with van der Waals surface area (Å²) in [6.45, 7) is 6.37. The molecule has 0 aromatic heterocycles. The van der Waals surface area contributed by atoms with Crippen LogP contribution in [0.25, 0.3) is 0 Å². The van der Waals surface area contributed by atoms with Crippen LogP contribution in [0.2, 0.25) is 0 Å². The third kappa shape index (κ3) is 9.43. The first kappa shape index (κ1) is 16.2. The summed E-state index contributed by atoms with van der Waals surface area (Å²) in [7, 11) is -0.892. The van der Waals surface area contributed by atoms with E-state index in [-0.39, 0.29) is 5.25 Å². The maximum atomic E-state index is 10.7. The van der Waals surface area contributed by atoms with Crippen molar-refractivity contribution in [2.45, 2.75) is 58.1 Å². The van der Waals surface area contributed by atoms with E-state index in [4.69, 9.17) is 0 Å². The van der Waals surface area contributed by atoms with Crippen LogP contribution in [-0.2, 0) is 10.1 Å². The summed E-state index contributed by atoms with van der Waals surface area (Å²) in [6, 6.07) is 0. The maximum absolute atomic E-state index is 10.7. The number of rotatable bonds is 9. The minimum Gasteiger partial charge on any atom is -0.764 e. The van der Waals surface area contributed by atoms with Gasteiger partial charge in [-0.05, 0) is 32.1 Å². The van der Waals surface area contributed by atoms with E-state index in [1.807, 2.05) is 13.0 Å². The summed E-state index contributed by atoms with van der Waals surface area (Å²) in [5.41, 5.74) is 0. The average Bonchev–Trinajstić information content (AvgIpc) is 2.17. The van der Waals surface area contributed by atoms with Crippen LogP contribution in [0.1, 0.15) is 52.9 Å². The number of hydrogen-bond acceptors (Lipinski definition) is 3. The first-order valence-electron chi connectivity index (χ1n) is 5.97. The van der Waals surface area contributed by atoms with Crippen LogP contribution in [0.3, 0.4) is 0 Å². The van der Waals surface area contributed by atoms with Crippen LogP contribution in [0.5, 0.6) is 0 Å². The molecule has 0 rings (SSSR count). The minimum absolute atomic E-state index is 0.246. The van der Waals surface area contributed by atoms with Crippen LogP contribution in [0.15, 0.2) is 12.2 Å². The Kier molecular flexibility index (Phi) is 10.5. The quantitative estimate of drug-likeness (QED) is 0.358. The minimum atomic E-state index is -1.98. The van der Waals surface area contributed by atoms with Gasteiger partial charge in [0, 0.05) is 15.4 Å². The van der Waals surface area contributed by atoms with Gasteiger partial charge in [0.05, 0.1) is 0 Å². The molecule has 0 aliphatic carbocycles. The lowest BCUT2D eigenvalue weighted by atomic mass is 9.98. The third-order valence-corrected chi connectivity index (χ3v) is 4.70. The predicted molar refractivity (Wildman–Crippen MR) is 73.0 cm³/mol. The van der Waals surface area contributed by atoms with E-state index in [0.29, 0.717) is 5.92 Å². The second-order valence-corrected chi connectivity index (χ2v) is 6.86. The standard InChI is InChI=1S/C12H24O2S2/c1-4-6-7-9-12(15-16(13)14)10-11(3)8-5-2/h4,6,11-12H,5,7-10H2,1-3H3,(H,13,14)/p-1/b6-4-/t11-,12+/m0/s1. The van der Waals surface area contributed by atoms with Crippen molar-refractivity contribution in [3.05, 3.63) is 12.2 Å². The average molecular weight is 263 g/mol. The van der Waals surface area contributed by atoms with Gasteiger partial charge in [-0.3, -0.25) is 4.21 Å². The monoisotopic (exact) mass is 263 g/mol. The lowest BCUT2D eigenvalue weighted by molar-refractivity contribution is 0.469. The summed E-state index contributed by atoms with van der Waals surface area (Å²) in [4.78, 5) is 0. The second-order valence-electron chi connectivity index (χ2n) is 4.20. The third-order valence-electron chi connectivity index (χ3n) is 2.55. The van der Waals surface area contributed by atoms with Crippen LogP contribution < -0.4 is 0 Å². The lowest BCUT2D eigenvalue weighted by Crippen LogP contribution is -2.09. The molecule has 0 saturated carbocycles. The molecule has 0 aromatic carbocycles. The van der Waals surface area contributed by atoms with Crippen molar-refractivity contribution in [2.75, 3.05) is 0 Å². The van der Waals surface area contributed by atoms with Gasteiger partial charge in [0.15, 0.2) is 0 Å². The molecule has 0 aliphatic heterocycles. The zero-order valence-electron chi connectivity index (χ0n) is 10.5. The number of allylic oxidation sites excluding steroid dienone is 2. The highest BCUT2D eigenvalue weighted by Crippen LogP contribution is 2.27. The van der Waals surface area contributed by atoms with E-state index in [1.165, 1.54) is 12.8 Å². The molecule has 0 radical (unpaired) electrons. The fraction of sp³-hybridized carbons (Fsp3) is 0.833. The van der Waals surface area contributed by atoms with E-state index in [1.54, 1.807) is 0 Å². The van der Waals surface area contributed by atoms with E-state index in [2.05, 4.69) is 19.9 Å². The van der Waals surface area contributed by atoms with Gasteiger partial charge in [-0.2, -0.15) is 0 Å². The molecule has 0 amide bonds. The fourth-order valence-electron chi connectivity index (χ4n) is 1.82.